The third-order valence-electron chi connectivity index (χ3n) is 4.98. The van der Waals surface area contributed by atoms with Crippen LogP contribution in [-0.4, -0.2) is 0 Å². The second-order valence-electron chi connectivity index (χ2n) is 7.08. The van der Waals surface area contributed by atoms with Gasteiger partial charge >= 0.3 is 0 Å². The second-order valence-corrected chi connectivity index (χ2v) is 7.08. The Labute approximate surface area is 175 Å². The lowest BCUT2D eigenvalue weighted by Crippen LogP contribution is -2.25. The molecule has 2 nitrogen and oxygen atoms in total. The highest BCUT2D eigenvalue weighted by Gasteiger charge is 2.25. The molecule has 0 amide bonds. The molecule has 0 aromatic heterocycles. The first-order valence-electron chi connectivity index (χ1n) is 9.83. The lowest BCUT2D eigenvalue weighted by atomic mass is 9.92. The first kappa shape index (κ1) is 19.6. The Morgan fingerprint density at radius 1 is 0.433 bits per heavy atom. The van der Waals surface area contributed by atoms with Crippen molar-refractivity contribution in [2.24, 2.45) is 0 Å². The molecule has 2 N–H and O–H groups in total. The molecule has 4 aromatic rings. The fraction of sp³-hybridized carbons (Fsp3) is 0.0769. The van der Waals surface area contributed by atoms with E-state index in [1.807, 2.05) is 36.4 Å². The molecule has 150 valence electrons. The van der Waals surface area contributed by atoms with Gasteiger partial charge in [0.05, 0.1) is 12.1 Å². The molecule has 0 saturated heterocycles. The normalized spacial score (nSPS) is 12.7. The van der Waals surface area contributed by atoms with E-state index >= 15 is 0 Å². The van der Waals surface area contributed by atoms with Crippen LogP contribution >= 0.6 is 0 Å². The number of halogens is 2. The van der Waals surface area contributed by atoms with Crippen LogP contribution in [0.15, 0.2) is 109 Å². The molecule has 0 heterocycles. The monoisotopic (exact) mass is 400 g/mol. The Bertz CT molecular complexity index is 961. The van der Waals surface area contributed by atoms with Crippen molar-refractivity contribution in [2.75, 3.05) is 10.6 Å². The van der Waals surface area contributed by atoms with E-state index in [-0.39, 0.29) is 23.7 Å². The van der Waals surface area contributed by atoms with Gasteiger partial charge in [0.25, 0.3) is 0 Å². The third-order valence-corrected chi connectivity index (χ3v) is 4.98. The summed E-state index contributed by atoms with van der Waals surface area (Å²) < 4.78 is 26.8. The molecule has 0 saturated carbocycles. The van der Waals surface area contributed by atoms with Gasteiger partial charge < -0.3 is 10.6 Å². The van der Waals surface area contributed by atoms with Crippen LogP contribution in [0.4, 0.5) is 20.2 Å². The number of hydrogen-bond acceptors (Lipinski definition) is 2. The van der Waals surface area contributed by atoms with Crippen LogP contribution in [0, 0.1) is 11.6 Å². The topological polar surface area (TPSA) is 24.1 Å². The fourth-order valence-electron chi connectivity index (χ4n) is 3.49. The minimum Gasteiger partial charge on any atom is -0.376 e. The van der Waals surface area contributed by atoms with Gasteiger partial charge in [-0.05, 0) is 59.7 Å². The molecule has 4 heteroatoms. The zero-order valence-electron chi connectivity index (χ0n) is 16.3. The summed E-state index contributed by atoms with van der Waals surface area (Å²) in [7, 11) is 0. The SMILES string of the molecule is Fc1ccc(N[C@@H](c2ccccc2)[C@@H](Nc2ccc(F)cc2)c2ccccc2)cc1. The van der Waals surface area contributed by atoms with Crippen LogP contribution in [0.1, 0.15) is 23.2 Å². The van der Waals surface area contributed by atoms with Crippen LogP contribution in [0.3, 0.4) is 0 Å². The van der Waals surface area contributed by atoms with Gasteiger partial charge in [-0.2, -0.15) is 0 Å². The van der Waals surface area contributed by atoms with Crippen LogP contribution in [-0.2, 0) is 0 Å². The average Bonchev–Trinajstić information content (AvgIpc) is 2.80. The summed E-state index contributed by atoms with van der Waals surface area (Å²) in [6.45, 7) is 0. The van der Waals surface area contributed by atoms with E-state index in [1.54, 1.807) is 24.3 Å². The van der Waals surface area contributed by atoms with E-state index in [9.17, 15) is 8.78 Å². The predicted octanol–water partition coefficient (Wildman–Crippen LogP) is 6.97. The summed E-state index contributed by atoms with van der Waals surface area (Å²) in [6.07, 6.45) is 0. The molecule has 0 aliphatic carbocycles. The quantitative estimate of drug-likeness (QED) is 0.350. The maximum absolute atomic E-state index is 13.4. The molecule has 0 aliphatic heterocycles. The molecular formula is C26H22F2N2. The van der Waals surface area contributed by atoms with E-state index in [0.717, 1.165) is 22.5 Å². The van der Waals surface area contributed by atoms with Gasteiger partial charge in [-0.3, -0.25) is 0 Å². The summed E-state index contributed by atoms with van der Waals surface area (Å²) in [6, 6.07) is 32.5. The molecule has 2 atom stereocenters. The van der Waals surface area contributed by atoms with E-state index in [2.05, 4.69) is 34.9 Å². The van der Waals surface area contributed by atoms with Gasteiger partial charge in [0, 0.05) is 11.4 Å². The van der Waals surface area contributed by atoms with Crippen molar-refractivity contribution in [1.82, 2.24) is 0 Å². The number of anilines is 2. The fourth-order valence-corrected chi connectivity index (χ4v) is 3.49. The zero-order valence-corrected chi connectivity index (χ0v) is 16.3. The van der Waals surface area contributed by atoms with Gasteiger partial charge in [0.1, 0.15) is 11.6 Å². The van der Waals surface area contributed by atoms with Crippen molar-refractivity contribution >= 4 is 11.4 Å². The molecule has 0 spiro atoms. The van der Waals surface area contributed by atoms with Gasteiger partial charge in [0.2, 0.25) is 0 Å². The number of hydrogen-bond donors (Lipinski definition) is 2. The van der Waals surface area contributed by atoms with Gasteiger partial charge in [0.15, 0.2) is 0 Å². The maximum Gasteiger partial charge on any atom is 0.123 e. The van der Waals surface area contributed by atoms with Crippen LogP contribution in [0.2, 0.25) is 0 Å². The Kier molecular flexibility index (Phi) is 6.04. The van der Waals surface area contributed by atoms with E-state index in [0.29, 0.717) is 0 Å². The molecular weight excluding hydrogens is 378 g/mol. The summed E-state index contributed by atoms with van der Waals surface area (Å²) in [4.78, 5) is 0. The minimum atomic E-state index is -0.277. The second kappa shape index (κ2) is 9.23. The van der Waals surface area contributed by atoms with Crippen molar-refractivity contribution < 1.29 is 8.78 Å². The molecule has 4 rings (SSSR count). The standard InChI is InChI=1S/C26H22F2N2/c27-21-11-15-23(16-12-21)29-25(19-7-3-1-4-8-19)26(20-9-5-2-6-10-20)30-24-17-13-22(28)14-18-24/h1-18,25-26,29-30H/t25-,26-/m0/s1. The van der Waals surface area contributed by atoms with Crippen LogP contribution < -0.4 is 10.6 Å². The molecule has 0 fully saturated rings. The third kappa shape index (κ3) is 4.84. The van der Waals surface area contributed by atoms with E-state index < -0.39 is 0 Å². The van der Waals surface area contributed by atoms with E-state index in [4.69, 9.17) is 0 Å². The largest absolute Gasteiger partial charge is 0.376 e. The summed E-state index contributed by atoms with van der Waals surface area (Å²) >= 11 is 0. The Morgan fingerprint density at radius 2 is 0.767 bits per heavy atom. The number of nitrogens with one attached hydrogen (secondary N) is 2. The Hall–Kier alpha value is -3.66. The molecule has 0 aliphatic rings. The zero-order chi connectivity index (χ0) is 20.8. The van der Waals surface area contributed by atoms with Crippen molar-refractivity contribution in [2.45, 2.75) is 12.1 Å². The van der Waals surface area contributed by atoms with Gasteiger partial charge in [-0.15, -0.1) is 0 Å². The molecule has 0 unspecified atom stereocenters. The lowest BCUT2D eigenvalue weighted by molar-refractivity contribution is 0.624. The Morgan fingerprint density at radius 3 is 1.10 bits per heavy atom. The van der Waals surface area contributed by atoms with Gasteiger partial charge in [-0.25, -0.2) is 8.78 Å². The minimum absolute atomic E-state index is 0.163. The Balaban J connectivity index is 1.75. The predicted molar refractivity (Wildman–Crippen MR) is 118 cm³/mol. The van der Waals surface area contributed by atoms with Crippen molar-refractivity contribution in [3.63, 3.8) is 0 Å². The summed E-state index contributed by atoms with van der Waals surface area (Å²) in [5.74, 6) is -0.554. The molecule has 30 heavy (non-hydrogen) atoms. The van der Waals surface area contributed by atoms with Gasteiger partial charge in [-0.1, -0.05) is 60.7 Å². The highest BCUT2D eigenvalue weighted by atomic mass is 19.1. The first-order valence-corrected chi connectivity index (χ1v) is 9.83. The van der Waals surface area contributed by atoms with Crippen molar-refractivity contribution in [1.29, 1.82) is 0 Å². The lowest BCUT2D eigenvalue weighted by Gasteiger charge is -2.31. The average molecular weight is 400 g/mol. The summed E-state index contributed by atoms with van der Waals surface area (Å²) in [5, 5.41) is 7.10. The number of benzene rings is 4. The van der Waals surface area contributed by atoms with Crippen molar-refractivity contribution in [3.8, 4) is 0 Å². The smallest absolute Gasteiger partial charge is 0.123 e. The highest BCUT2D eigenvalue weighted by Crippen LogP contribution is 2.35. The highest BCUT2D eigenvalue weighted by molar-refractivity contribution is 5.51. The van der Waals surface area contributed by atoms with E-state index in [1.165, 1.54) is 24.3 Å². The molecule has 0 bridgehead atoms. The van der Waals surface area contributed by atoms with Crippen LogP contribution in [0.5, 0.6) is 0 Å². The van der Waals surface area contributed by atoms with Crippen molar-refractivity contribution in [3.05, 3.63) is 132 Å². The number of rotatable bonds is 7. The first-order chi connectivity index (χ1) is 14.7. The molecule has 0 radical (unpaired) electrons. The maximum atomic E-state index is 13.4. The molecule has 4 aromatic carbocycles. The van der Waals surface area contributed by atoms with Crippen LogP contribution in [0.25, 0.3) is 0 Å². The summed E-state index contributed by atoms with van der Waals surface area (Å²) in [5.41, 5.74) is 3.77.